The van der Waals surface area contributed by atoms with Crippen LogP contribution in [-0.2, 0) is 26.2 Å². The predicted molar refractivity (Wildman–Crippen MR) is 68.8 cm³/mol. The van der Waals surface area contributed by atoms with Gasteiger partial charge < -0.3 is 0 Å². The maximum atomic E-state index is 5.00. The second-order valence-corrected chi connectivity index (χ2v) is 3.73. The molecule has 0 aromatic heterocycles. The molecule has 2 heteroatoms. The molecule has 16 heavy (non-hydrogen) atoms. The molecule has 0 atom stereocenters. The Hall–Kier alpha value is 0.133. The molecule has 0 aromatic carbocycles. The summed E-state index contributed by atoms with van der Waals surface area (Å²) in [6, 6.07) is 0. The fraction of sp³-hybridized carbons (Fsp3) is 0.429. The van der Waals surface area contributed by atoms with E-state index in [9.17, 15) is 0 Å². The molecule has 2 aliphatic carbocycles. The van der Waals surface area contributed by atoms with Gasteiger partial charge in [0.2, 0.25) is 0 Å². The van der Waals surface area contributed by atoms with Crippen molar-refractivity contribution in [2.75, 3.05) is 5.88 Å². The zero-order chi connectivity index (χ0) is 11.5. The van der Waals surface area contributed by atoms with E-state index in [0.29, 0.717) is 0 Å². The maximum absolute atomic E-state index is 5.00. The van der Waals surface area contributed by atoms with Crippen molar-refractivity contribution in [2.45, 2.75) is 33.6 Å². The first kappa shape index (κ1) is 18.5. The average Bonchev–Trinajstić information content (AvgIpc) is 2.81. The van der Waals surface area contributed by atoms with Gasteiger partial charge in [0.05, 0.1) is 0 Å². The number of rotatable bonds is 0. The molecule has 0 aromatic rings. The fourth-order valence-electron chi connectivity index (χ4n) is 1.03. The van der Waals surface area contributed by atoms with Crippen molar-refractivity contribution in [3.63, 3.8) is 0 Å². The first-order valence-electron chi connectivity index (χ1n) is 5.24. The van der Waals surface area contributed by atoms with Gasteiger partial charge in [-0.05, 0) is 0 Å². The SMILES string of the molecule is CC1=[C-]CC=C1.CC1=[C-]CC=C1.CCCl.[Zr+2]. The topological polar surface area (TPSA) is 0 Å². The second-order valence-electron chi connectivity index (χ2n) is 3.20. The van der Waals surface area contributed by atoms with Gasteiger partial charge in [-0.1, -0.05) is 20.8 Å². The van der Waals surface area contributed by atoms with Crippen LogP contribution in [0.2, 0.25) is 0 Å². The maximum Gasteiger partial charge on any atom is 2.00 e. The summed E-state index contributed by atoms with van der Waals surface area (Å²) in [7, 11) is 0. The number of allylic oxidation sites excluding steroid dienone is 8. The number of halogens is 1. The third-order valence-corrected chi connectivity index (χ3v) is 1.73. The van der Waals surface area contributed by atoms with E-state index in [1.165, 1.54) is 11.1 Å². The van der Waals surface area contributed by atoms with Crippen LogP contribution in [-0.4, -0.2) is 5.88 Å². The minimum atomic E-state index is 0. The summed E-state index contributed by atoms with van der Waals surface area (Å²) in [6.07, 6.45) is 16.7. The largest absolute Gasteiger partial charge is 2.00 e. The van der Waals surface area contributed by atoms with E-state index in [4.69, 9.17) is 11.6 Å². The Kier molecular flexibility index (Phi) is 15.3. The molecule has 0 heterocycles. The molecule has 0 saturated carbocycles. The van der Waals surface area contributed by atoms with Crippen LogP contribution in [0.15, 0.2) is 35.5 Å². The van der Waals surface area contributed by atoms with Gasteiger partial charge in [-0.25, -0.2) is 23.3 Å². The Morgan fingerprint density at radius 3 is 1.44 bits per heavy atom. The zero-order valence-electron chi connectivity index (χ0n) is 10.3. The van der Waals surface area contributed by atoms with Crippen molar-refractivity contribution in [3.8, 4) is 0 Å². The molecule has 0 saturated heterocycles. The molecular formula is C14H19ClZr. The van der Waals surface area contributed by atoms with Crippen molar-refractivity contribution in [3.05, 3.63) is 47.6 Å². The first-order chi connectivity index (χ1) is 7.20. The molecule has 2 aliphatic rings. The Balaban J connectivity index is 0. The van der Waals surface area contributed by atoms with Gasteiger partial charge in [0.25, 0.3) is 0 Å². The third kappa shape index (κ3) is 12.2. The fourth-order valence-corrected chi connectivity index (χ4v) is 1.03. The van der Waals surface area contributed by atoms with Crippen LogP contribution in [0.3, 0.4) is 0 Å². The first-order valence-corrected chi connectivity index (χ1v) is 5.78. The van der Waals surface area contributed by atoms with Crippen molar-refractivity contribution in [2.24, 2.45) is 0 Å². The van der Waals surface area contributed by atoms with E-state index in [1.54, 1.807) is 0 Å². The average molecular weight is 314 g/mol. The van der Waals surface area contributed by atoms with Gasteiger partial charge in [0.15, 0.2) is 0 Å². The number of alkyl halides is 1. The van der Waals surface area contributed by atoms with E-state index < -0.39 is 0 Å². The Labute approximate surface area is 124 Å². The van der Waals surface area contributed by atoms with E-state index in [1.807, 2.05) is 6.92 Å². The summed E-state index contributed by atoms with van der Waals surface area (Å²) in [5.74, 6) is 0.722. The predicted octanol–water partition coefficient (Wildman–Crippen LogP) is 4.63. The molecular weight excluding hydrogens is 295 g/mol. The summed E-state index contributed by atoms with van der Waals surface area (Å²) in [5.41, 5.74) is 2.55. The minimum Gasteiger partial charge on any atom is -0.270 e. The molecule has 0 aliphatic heterocycles. The minimum absolute atomic E-state index is 0. The summed E-state index contributed by atoms with van der Waals surface area (Å²) in [5, 5.41) is 0. The molecule has 0 radical (unpaired) electrons. The van der Waals surface area contributed by atoms with Crippen LogP contribution in [0, 0.1) is 12.2 Å². The Morgan fingerprint density at radius 1 is 1.06 bits per heavy atom. The molecule has 0 spiro atoms. The summed E-state index contributed by atoms with van der Waals surface area (Å²) in [4.78, 5) is 0. The van der Waals surface area contributed by atoms with Gasteiger partial charge in [-0.15, -0.1) is 24.4 Å². The number of hydrogen-bond donors (Lipinski definition) is 0. The molecule has 0 fully saturated rings. The third-order valence-electron chi connectivity index (χ3n) is 1.73. The van der Waals surface area contributed by atoms with Gasteiger partial charge in [0.1, 0.15) is 0 Å². The van der Waals surface area contributed by atoms with E-state index >= 15 is 0 Å². The molecule has 0 amide bonds. The molecule has 86 valence electrons. The van der Waals surface area contributed by atoms with Crippen molar-refractivity contribution < 1.29 is 26.2 Å². The smallest absolute Gasteiger partial charge is 0.270 e. The van der Waals surface area contributed by atoms with Crippen LogP contribution in [0.1, 0.15) is 33.6 Å². The second kappa shape index (κ2) is 13.2. The van der Waals surface area contributed by atoms with Gasteiger partial charge in [-0.3, -0.25) is 12.2 Å². The molecule has 0 nitrogen and oxygen atoms in total. The molecule has 0 unspecified atom stereocenters. The van der Waals surface area contributed by atoms with E-state index in [2.05, 4.69) is 50.3 Å². The quantitative estimate of drug-likeness (QED) is 0.451. The Morgan fingerprint density at radius 2 is 1.38 bits per heavy atom. The van der Waals surface area contributed by atoms with Crippen LogP contribution in [0.25, 0.3) is 0 Å². The van der Waals surface area contributed by atoms with Crippen LogP contribution >= 0.6 is 11.6 Å². The van der Waals surface area contributed by atoms with Crippen molar-refractivity contribution in [1.82, 2.24) is 0 Å². The zero-order valence-corrected chi connectivity index (χ0v) is 13.5. The molecule has 2 rings (SSSR count). The summed E-state index contributed by atoms with van der Waals surface area (Å²) in [6.45, 7) is 6.01. The molecule has 0 bridgehead atoms. The number of hydrogen-bond acceptors (Lipinski definition) is 0. The van der Waals surface area contributed by atoms with Gasteiger partial charge in [0, 0.05) is 5.88 Å². The normalized spacial score (nSPS) is 15.0. The van der Waals surface area contributed by atoms with Crippen molar-refractivity contribution >= 4 is 11.6 Å². The van der Waals surface area contributed by atoms with E-state index in [0.717, 1.165) is 18.7 Å². The van der Waals surface area contributed by atoms with Gasteiger partial charge in [-0.2, -0.15) is 12.2 Å². The van der Waals surface area contributed by atoms with Crippen LogP contribution < -0.4 is 0 Å². The summed E-state index contributed by atoms with van der Waals surface area (Å²) < 4.78 is 0. The van der Waals surface area contributed by atoms with Crippen LogP contribution in [0.4, 0.5) is 0 Å². The van der Waals surface area contributed by atoms with Crippen LogP contribution in [0.5, 0.6) is 0 Å². The molecule has 0 N–H and O–H groups in total. The standard InChI is InChI=1S/2C6H7.C2H5Cl.Zr/c2*1-6-4-2-3-5-6;1-2-3;/h2*2,4H,3H2,1H3;2H2,1H3;/q2*-1;;+2. The monoisotopic (exact) mass is 312 g/mol. The summed E-state index contributed by atoms with van der Waals surface area (Å²) >= 11 is 5.00. The van der Waals surface area contributed by atoms with Gasteiger partial charge >= 0.3 is 26.2 Å². The Bertz CT molecular complexity index is 239. The van der Waals surface area contributed by atoms with E-state index in [-0.39, 0.29) is 26.2 Å². The van der Waals surface area contributed by atoms with Crippen molar-refractivity contribution in [1.29, 1.82) is 0 Å².